The number of ether oxygens (including phenoxy) is 2. The van der Waals surface area contributed by atoms with Gasteiger partial charge in [0.05, 0.1) is 25.6 Å². The molecule has 4 rings (SSSR count). The molecule has 4 aromatic rings. The number of hydrogen-bond donors (Lipinski definition) is 0. The van der Waals surface area contributed by atoms with Crippen molar-refractivity contribution >= 4 is 32.9 Å². The maximum atomic E-state index is 5.47. The lowest BCUT2D eigenvalue weighted by molar-refractivity contribution is 0.355. The van der Waals surface area contributed by atoms with Gasteiger partial charge in [-0.3, -0.25) is 0 Å². The standard InChI is InChI=1S/C20H17BrN2O2S/c1-24-17-5-3-14(10-18(17)25-2)20-16(9-13-7-8-26-12-13)23-11-15(21)4-6-19(23)22-20/h3-8,10-12H,9H2,1-2H3. The van der Waals surface area contributed by atoms with E-state index in [1.165, 1.54) is 5.56 Å². The molecule has 4 nitrogen and oxygen atoms in total. The zero-order valence-corrected chi connectivity index (χ0v) is 16.8. The molecule has 0 aliphatic carbocycles. The molecular weight excluding hydrogens is 412 g/mol. The van der Waals surface area contributed by atoms with Crippen LogP contribution < -0.4 is 9.47 Å². The van der Waals surface area contributed by atoms with Gasteiger partial charge in [-0.1, -0.05) is 0 Å². The molecule has 0 bridgehead atoms. The lowest BCUT2D eigenvalue weighted by Gasteiger charge is -2.10. The molecule has 0 amide bonds. The van der Waals surface area contributed by atoms with Crippen LogP contribution in [0.15, 0.2) is 57.8 Å². The molecule has 0 fully saturated rings. The fraction of sp³-hybridized carbons (Fsp3) is 0.150. The molecule has 3 heterocycles. The molecule has 26 heavy (non-hydrogen) atoms. The van der Waals surface area contributed by atoms with Gasteiger partial charge in [0.2, 0.25) is 0 Å². The number of halogens is 1. The van der Waals surface area contributed by atoms with Crippen LogP contribution in [0.25, 0.3) is 16.9 Å². The number of benzene rings is 1. The van der Waals surface area contributed by atoms with Crippen molar-refractivity contribution in [2.75, 3.05) is 14.2 Å². The first-order valence-electron chi connectivity index (χ1n) is 8.09. The summed E-state index contributed by atoms with van der Waals surface area (Å²) in [6.45, 7) is 0. The van der Waals surface area contributed by atoms with E-state index in [9.17, 15) is 0 Å². The number of thiophene rings is 1. The lowest BCUT2D eigenvalue weighted by atomic mass is 10.1. The summed E-state index contributed by atoms with van der Waals surface area (Å²) in [5, 5.41) is 4.28. The summed E-state index contributed by atoms with van der Waals surface area (Å²) in [5.41, 5.74) is 5.30. The van der Waals surface area contributed by atoms with E-state index in [1.807, 2.05) is 30.3 Å². The van der Waals surface area contributed by atoms with Crippen LogP contribution in [0.2, 0.25) is 0 Å². The number of fused-ring (bicyclic) bond motifs is 1. The van der Waals surface area contributed by atoms with E-state index in [1.54, 1.807) is 25.6 Å². The maximum Gasteiger partial charge on any atom is 0.161 e. The fourth-order valence-corrected chi connectivity index (χ4v) is 4.04. The minimum atomic E-state index is 0.699. The minimum absolute atomic E-state index is 0.699. The Morgan fingerprint density at radius 1 is 1.08 bits per heavy atom. The second kappa shape index (κ2) is 7.13. The molecule has 6 heteroatoms. The molecule has 0 aliphatic heterocycles. The van der Waals surface area contributed by atoms with Gasteiger partial charge in [-0.05, 0) is 68.7 Å². The largest absolute Gasteiger partial charge is 0.493 e. The Kier molecular flexibility index (Phi) is 4.70. The summed E-state index contributed by atoms with van der Waals surface area (Å²) >= 11 is 5.28. The lowest BCUT2D eigenvalue weighted by Crippen LogP contribution is -1.96. The van der Waals surface area contributed by atoms with Gasteiger partial charge in [0.1, 0.15) is 5.65 Å². The van der Waals surface area contributed by atoms with E-state index in [-0.39, 0.29) is 0 Å². The zero-order valence-electron chi connectivity index (χ0n) is 14.4. The molecule has 0 saturated heterocycles. The highest BCUT2D eigenvalue weighted by Crippen LogP contribution is 2.34. The van der Waals surface area contributed by atoms with E-state index >= 15 is 0 Å². The van der Waals surface area contributed by atoms with Gasteiger partial charge < -0.3 is 13.9 Å². The molecule has 0 radical (unpaired) electrons. The van der Waals surface area contributed by atoms with Crippen LogP contribution in [0.1, 0.15) is 11.3 Å². The Morgan fingerprint density at radius 3 is 2.65 bits per heavy atom. The van der Waals surface area contributed by atoms with Crippen LogP contribution in [0.5, 0.6) is 11.5 Å². The molecule has 1 aromatic carbocycles. The third-order valence-electron chi connectivity index (χ3n) is 4.29. The fourth-order valence-electron chi connectivity index (χ4n) is 3.04. The molecule has 0 saturated carbocycles. The third kappa shape index (κ3) is 3.10. The van der Waals surface area contributed by atoms with Gasteiger partial charge in [-0.15, -0.1) is 0 Å². The highest BCUT2D eigenvalue weighted by molar-refractivity contribution is 9.10. The number of rotatable bonds is 5. The monoisotopic (exact) mass is 428 g/mol. The third-order valence-corrected chi connectivity index (χ3v) is 5.49. The molecule has 0 atom stereocenters. The minimum Gasteiger partial charge on any atom is -0.493 e. The van der Waals surface area contributed by atoms with Crippen molar-refractivity contribution in [1.29, 1.82) is 0 Å². The van der Waals surface area contributed by atoms with Gasteiger partial charge in [-0.25, -0.2) is 4.98 Å². The number of pyridine rings is 1. The summed E-state index contributed by atoms with van der Waals surface area (Å²) in [7, 11) is 3.29. The highest BCUT2D eigenvalue weighted by Gasteiger charge is 2.17. The Balaban J connectivity index is 1.91. The van der Waals surface area contributed by atoms with Crippen molar-refractivity contribution in [2.45, 2.75) is 6.42 Å². The van der Waals surface area contributed by atoms with Crippen molar-refractivity contribution < 1.29 is 9.47 Å². The van der Waals surface area contributed by atoms with Crippen molar-refractivity contribution in [3.8, 4) is 22.8 Å². The predicted octanol–water partition coefficient (Wildman–Crippen LogP) is 5.43. The van der Waals surface area contributed by atoms with Gasteiger partial charge in [0, 0.05) is 22.7 Å². The second-order valence-electron chi connectivity index (χ2n) is 5.86. The number of nitrogens with zero attached hydrogens (tertiary/aromatic N) is 2. The van der Waals surface area contributed by atoms with E-state index in [0.29, 0.717) is 11.5 Å². The van der Waals surface area contributed by atoms with Crippen molar-refractivity contribution in [1.82, 2.24) is 9.38 Å². The molecule has 132 valence electrons. The van der Waals surface area contributed by atoms with Crippen LogP contribution in [-0.2, 0) is 6.42 Å². The first kappa shape index (κ1) is 17.1. The summed E-state index contributed by atoms with van der Waals surface area (Å²) in [6.07, 6.45) is 2.87. The summed E-state index contributed by atoms with van der Waals surface area (Å²) in [6, 6.07) is 12.1. The van der Waals surface area contributed by atoms with Gasteiger partial charge >= 0.3 is 0 Å². The Bertz CT molecular complexity index is 1060. The number of hydrogen-bond acceptors (Lipinski definition) is 4. The van der Waals surface area contributed by atoms with Crippen LogP contribution in [0, 0.1) is 0 Å². The topological polar surface area (TPSA) is 35.8 Å². The van der Waals surface area contributed by atoms with E-state index in [4.69, 9.17) is 14.5 Å². The first-order chi connectivity index (χ1) is 12.7. The number of imidazole rings is 1. The van der Waals surface area contributed by atoms with E-state index in [2.05, 4.69) is 43.4 Å². The van der Waals surface area contributed by atoms with Gasteiger partial charge in [0.25, 0.3) is 0 Å². The van der Waals surface area contributed by atoms with Crippen molar-refractivity contribution in [3.05, 3.63) is 69.1 Å². The molecule has 0 N–H and O–H groups in total. The van der Waals surface area contributed by atoms with Crippen LogP contribution in [0.4, 0.5) is 0 Å². The van der Waals surface area contributed by atoms with Gasteiger partial charge in [0.15, 0.2) is 11.5 Å². The Morgan fingerprint density at radius 2 is 1.92 bits per heavy atom. The maximum absolute atomic E-state index is 5.47. The Hall–Kier alpha value is -2.31. The molecule has 0 unspecified atom stereocenters. The quantitative estimate of drug-likeness (QED) is 0.424. The average Bonchev–Trinajstić information content (AvgIpc) is 3.30. The molecule has 0 spiro atoms. The normalized spacial score (nSPS) is 11.0. The summed E-state index contributed by atoms with van der Waals surface area (Å²) < 4.78 is 14.0. The van der Waals surface area contributed by atoms with Crippen LogP contribution >= 0.6 is 27.3 Å². The summed E-state index contributed by atoms with van der Waals surface area (Å²) in [4.78, 5) is 4.88. The van der Waals surface area contributed by atoms with Crippen molar-refractivity contribution in [3.63, 3.8) is 0 Å². The SMILES string of the molecule is COc1ccc(-c2nc3ccc(Br)cn3c2Cc2ccsc2)cc1OC. The van der Waals surface area contributed by atoms with Crippen molar-refractivity contribution in [2.24, 2.45) is 0 Å². The smallest absolute Gasteiger partial charge is 0.161 e. The average molecular weight is 429 g/mol. The van der Waals surface area contributed by atoms with E-state index in [0.717, 1.165) is 33.5 Å². The summed E-state index contributed by atoms with van der Waals surface area (Å²) in [5.74, 6) is 1.41. The zero-order chi connectivity index (χ0) is 18.1. The molecule has 3 aromatic heterocycles. The van der Waals surface area contributed by atoms with E-state index < -0.39 is 0 Å². The Labute approximate surface area is 164 Å². The number of methoxy groups -OCH3 is 2. The van der Waals surface area contributed by atoms with Gasteiger partial charge in [-0.2, -0.15) is 11.3 Å². The van der Waals surface area contributed by atoms with Crippen LogP contribution in [-0.4, -0.2) is 23.6 Å². The first-order valence-corrected chi connectivity index (χ1v) is 9.83. The number of aromatic nitrogens is 2. The molecule has 0 aliphatic rings. The second-order valence-corrected chi connectivity index (χ2v) is 7.56. The molecular formula is C20H17BrN2O2S. The highest BCUT2D eigenvalue weighted by atomic mass is 79.9. The van der Waals surface area contributed by atoms with Crippen LogP contribution in [0.3, 0.4) is 0 Å². The predicted molar refractivity (Wildman–Crippen MR) is 109 cm³/mol.